The maximum Gasteiger partial charge on any atom is 0.206 e. The average molecular weight is 447 g/mol. The summed E-state index contributed by atoms with van der Waals surface area (Å²) < 4.78 is 26.0. The Morgan fingerprint density at radius 2 is 1.53 bits per heavy atom. The summed E-state index contributed by atoms with van der Waals surface area (Å²) >= 11 is 0. The van der Waals surface area contributed by atoms with Crippen LogP contribution in [-0.4, -0.2) is 19.2 Å². The van der Waals surface area contributed by atoms with E-state index in [1.807, 2.05) is 18.3 Å². The molecule has 0 saturated heterocycles. The number of nitrogens with zero attached hydrogens (tertiary/aromatic N) is 3. The standard InChI is InChI=1S/C25H26N4O2S/c1-25(2,3)20-7-11-23(12-8-20)32(30,31)22-9-4-19(5-10-22)6-13-24(28-18-26)29-21-14-16-27-17-15-21/h4-5,7-12,14-17H,6,13H2,1-3H3,(H,27,28,29). The smallest absolute Gasteiger partial charge is 0.206 e. The lowest BCUT2D eigenvalue weighted by molar-refractivity contribution is 0.586. The third-order valence-electron chi connectivity index (χ3n) is 5.04. The van der Waals surface area contributed by atoms with Crippen molar-refractivity contribution >= 4 is 21.4 Å². The van der Waals surface area contributed by atoms with Gasteiger partial charge in [-0.05, 0) is 59.4 Å². The fourth-order valence-electron chi connectivity index (χ4n) is 3.15. The molecule has 0 aliphatic heterocycles. The number of pyridine rings is 1. The topological polar surface area (TPSA) is 95.2 Å². The Bertz CT molecular complexity index is 1220. The number of rotatable bonds is 6. The lowest BCUT2D eigenvalue weighted by atomic mass is 9.87. The average Bonchev–Trinajstić information content (AvgIpc) is 2.78. The van der Waals surface area contributed by atoms with Gasteiger partial charge in [-0.3, -0.25) is 10.3 Å². The quantitative estimate of drug-likeness (QED) is 0.250. The van der Waals surface area contributed by atoms with E-state index in [0.29, 0.717) is 24.4 Å². The predicted octanol–water partition coefficient (Wildman–Crippen LogP) is 4.95. The van der Waals surface area contributed by atoms with Crippen LogP contribution in [0, 0.1) is 11.5 Å². The van der Waals surface area contributed by atoms with E-state index in [2.05, 4.69) is 36.1 Å². The maximum atomic E-state index is 13.0. The minimum absolute atomic E-state index is 0.0378. The largest absolute Gasteiger partial charge is 0.280 e. The van der Waals surface area contributed by atoms with Crippen LogP contribution in [0.15, 0.2) is 87.8 Å². The molecular formula is C25H26N4O2S. The summed E-state index contributed by atoms with van der Waals surface area (Å²) in [7, 11) is -3.58. The van der Waals surface area contributed by atoms with Crippen molar-refractivity contribution in [3.05, 3.63) is 84.2 Å². The summed E-state index contributed by atoms with van der Waals surface area (Å²) in [5, 5.41) is 11.6. The first-order valence-electron chi connectivity index (χ1n) is 10.3. The molecule has 0 bridgehead atoms. The summed E-state index contributed by atoms with van der Waals surface area (Å²) in [6, 6.07) is 17.4. The van der Waals surface area contributed by atoms with Crippen LogP contribution >= 0.6 is 0 Å². The number of hydrogen-bond acceptors (Lipinski definition) is 5. The molecule has 0 saturated carbocycles. The number of nitrogens with one attached hydrogen (secondary N) is 1. The molecule has 1 heterocycles. The number of benzene rings is 2. The molecule has 0 amide bonds. The molecule has 164 valence electrons. The van der Waals surface area contributed by atoms with Gasteiger partial charge in [-0.15, -0.1) is 0 Å². The summed E-state index contributed by atoms with van der Waals surface area (Å²) in [6.45, 7) is 6.28. The van der Waals surface area contributed by atoms with Crippen molar-refractivity contribution < 1.29 is 8.42 Å². The van der Waals surface area contributed by atoms with Gasteiger partial charge in [0.1, 0.15) is 5.84 Å². The van der Waals surface area contributed by atoms with E-state index < -0.39 is 9.84 Å². The molecule has 2 aromatic carbocycles. The first kappa shape index (κ1) is 23.2. The van der Waals surface area contributed by atoms with E-state index in [0.717, 1.165) is 11.1 Å². The monoisotopic (exact) mass is 446 g/mol. The molecule has 0 aliphatic rings. The van der Waals surface area contributed by atoms with Crippen LogP contribution in [0.1, 0.15) is 38.3 Å². The van der Waals surface area contributed by atoms with Crippen molar-refractivity contribution in [1.82, 2.24) is 10.3 Å². The molecule has 6 nitrogen and oxygen atoms in total. The zero-order valence-electron chi connectivity index (χ0n) is 18.4. The Kier molecular flexibility index (Phi) is 7.06. The number of aryl methyl sites for hydroxylation is 1. The Morgan fingerprint density at radius 3 is 2.06 bits per heavy atom. The van der Waals surface area contributed by atoms with Crippen molar-refractivity contribution in [2.45, 2.75) is 48.8 Å². The van der Waals surface area contributed by atoms with Crippen LogP contribution in [0.5, 0.6) is 0 Å². The number of hydrogen-bond donors (Lipinski definition) is 1. The van der Waals surface area contributed by atoms with Crippen LogP contribution < -0.4 is 5.32 Å². The van der Waals surface area contributed by atoms with Gasteiger partial charge in [-0.2, -0.15) is 5.26 Å². The summed E-state index contributed by atoms with van der Waals surface area (Å²) in [5.41, 5.74) is 2.71. The zero-order chi connectivity index (χ0) is 23.2. The third kappa shape index (κ3) is 5.80. The molecule has 1 aromatic heterocycles. The van der Waals surface area contributed by atoms with Crippen molar-refractivity contribution in [3.8, 4) is 6.19 Å². The Hall–Kier alpha value is -3.50. The summed E-state index contributed by atoms with van der Waals surface area (Å²) in [5.74, 6) is 0.536. The number of aliphatic imine (C=N–C) groups is 1. The van der Waals surface area contributed by atoms with E-state index in [-0.39, 0.29) is 15.2 Å². The van der Waals surface area contributed by atoms with Gasteiger partial charge in [0.2, 0.25) is 9.84 Å². The van der Waals surface area contributed by atoms with E-state index in [1.54, 1.807) is 60.9 Å². The van der Waals surface area contributed by atoms with Crippen molar-refractivity contribution in [2.75, 3.05) is 0 Å². The highest BCUT2D eigenvalue weighted by Gasteiger charge is 2.19. The number of aromatic nitrogens is 1. The van der Waals surface area contributed by atoms with Gasteiger partial charge < -0.3 is 0 Å². The first-order valence-corrected chi connectivity index (χ1v) is 11.8. The fourth-order valence-corrected chi connectivity index (χ4v) is 4.41. The highest BCUT2D eigenvalue weighted by Crippen LogP contribution is 2.26. The molecule has 0 aliphatic carbocycles. The number of amidine groups is 1. The Labute approximate surface area is 189 Å². The van der Waals surface area contributed by atoms with E-state index in [4.69, 9.17) is 5.26 Å². The molecule has 0 radical (unpaired) electrons. The van der Waals surface area contributed by atoms with Crippen molar-refractivity contribution in [2.24, 2.45) is 4.99 Å². The molecule has 32 heavy (non-hydrogen) atoms. The second-order valence-corrected chi connectivity index (χ2v) is 10.4. The predicted molar refractivity (Wildman–Crippen MR) is 125 cm³/mol. The third-order valence-corrected chi connectivity index (χ3v) is 6.83. The Morgan fingerprint density at radius 1 is 0.969 bits per heavy atom. The normalized spacial score (nSPS) is 12.2. The van der Waals surface area contributed by atoms with Crippen LogP contribution in [0.25, 0.3) is 0 Å². The van der Waals surface area contributed by atoms with Gasteiger partial charge in [-0.1, -0.05) is 45.0 Å². The lowest BCUT2D eigenvalue weighted by Gasteiger charge is -2.19. The fraction of sp³-hybridized carbons (Fsp3) is 0.240. The van der Waals surface area contributed by atoms with Gasteiger partial charge >= 0.3 is 0 Å². The molecular weight excluding hydrogens is 420 g/mol. The molecule has 7 heteroatoms. The second kappa shape index (κ2) is 9.75. The zero-order valence-corrected chi connectivity index (χ0v) is 19.2. The summed E-state index contributed by atoms with van der Waals surface area (Å²) in [6.07, 6.45) is 6.30. The number of nitriles is 1. The van der Waals surface area contributed by atoms with E-state index in [1.165, 1.54) is 0 Å². The SMILES string of the molecule is CC(C)(C)c1ccc(S(=O)(=O)c2ccc(CCC(=Nc3ccncc3)NC#N)cc2)cc1. The first-order chi connectivity index (χ1) is 15.2. The van der Waals surface area contributed by atoms with Crippen molar-refractivity contribution in [3.63, 3.8) is 0 Å². The van der Waals surface area contributed by atoms with Crippen molar-refractivity contribution in [1.29, 1.82) is 5.26 Å². The lowest BCUT2D eigenvalue weighted by Crippen LogP contribution is -2.18. The molecule has 0 fully saturated rings. The van der Waals surface area contributed by atoms with Crippen LogP contribution in [0.3, 0.4) is 0 Å². The van der Waals surface area contributed by atoms with E-state index in [9.17, 15) is 8.42 Å². The van der Waals surface area contributed by atoms with E-state index >= 15 is 0 Å². The highest BCUT2D eigenvalue weighted by atomic mass is 32.2. The van der Waals surface area contributed by atoms with Gasteiger partial charge in [-0.25, -0.2) is 13.4 Å². The Balaban J connectivity index is 1.72. The maximum absolute atomic E-state index is 13.0. The molecule has 1 N–H and O–H groups in total. The highest BCUT2D eigenvalue weighted by molar-refractivity contribution is 7.91. The van der Waals surface area contributed by atoms with Gasteiger partial charge in [0.15, 0.2) is 6.19 Å². The molecule has 3 rings (SSSR count). The number of sulfone groups is 1. The van der Waals surface area contributed by atoms with Gasteiger partial charge in [0.05, 0.1) is 15.5 Å². The van der Waals surface area contributed by atoms with Crippen LogP contribution in [0.2, 0.25) is 0 Å². The van der Waals surface area contributed by atoms with Crippen LogP contribution in [-0.2, 0) is 21.7 Å². The minimum atomic E-state index is -3.58. The van der Waals surface area contributed by atoms with Crippen LogP contribution in [0.4, 0.5) is 5.69 Å². The van der Waals surface area contributed by atoms with Gasteiger partial charge in [0.25, 0.3) is 0 Å². The van der Waals surface area contributed by atoms with Gasteiger partial charge in [0, 0.05) is 18.8 Å². The molecule has 0 atom stereocenters. The molecule has 3 aromatic rings. The molecule has 0 unspecified atom stereocenters. The molecule has 0 spiro atoms. The second-order valence-electron chi connectivity index (χ2n) is 8.42. The summed E-state index contributed by atoms with van der Waals surface area (Å²) in [4.78, 5) is 8.92. The minimum Gasteiger partial charge on any atom is -0.280 e.